The number of carbonyl (C=O) groups is 4. The fourth-order valence-electron chi connectivity index (χ4n) is 4.00. The molecule has 0 fully saturated rings. The van der Waals surface area contributed by atoms with Crippen molar-refractivity contribution in [2.45, 2.75) is 45.4 Å². The summed E-state index contributed by atoms with van der Waals surface area (Å²) in [5.74, 6) is -1.17. The Labute approximate surface area is 228 Å². The number of amides is 2. The van der Waals surface area contributed by atoms with Gasteiger partial charge in [-0.25, -0.2) is 9.59 Å². The molecule has 0 saturated heterocycles. The third kappa shape index (κ3) is 9.10. The van der Waals surface area contributed by atoms with Crippen molar-refractivity contribution in [3.63, 3.8) is 0 Å². The lowest BCUT2D eigenvalue weighted by Crippen LogP contribution is -2.53. The molecule has 0 bridgehead atoms. The first-order chi connectivity index (χ1) is 18.8. The Hall–Kier alpha value is -4.46. The fourth-order valence-corrected chi connectivity index (χ4v) is 4.00. The Morgan fingerprint density at radius 3 is 1.90 bits per heavy atom. The van der Waals surface area contributed by atoms with Crippen LogP contribution in [0.15, 0.2) is 84.9 Å². The van der Waals surface area contributed by atoms with Crippen LogP contribution in [-0.2, 0) is 32.1 Å². The van der Waals surface area contributed by atoms with Gasteiger partial charge < -0.3 is 20.1 Å². The monoisotopic (exact) mass is 530 g/mol. The Balaban J connectivity index is 1.65. The largest absolute Gasteiger partial charge is 0.467 e. The van der Waals surface area contributed by atoms with Gasteiger partial charge in [-0.15, -0.1) is 0 Å². The highest BCUT2D eigenvalue weighted by Gasteiger charge is 2.28. The summed E-state index contributed by atoms with van der Waals surface area (Å²) in [6.07, 6.45) is -0.241. The summed E-state index contributed by atoms with van der Waals surface area (Å²) in [5, 5.41) is 5.33. The Kier molecular flexibility index (Phi) is 10.8. The van der Waals surface area contributed by atoms with E-state index in [9.17, 15) is 19.2 Å². The molecule has 0 spiro atoms. The molecule has 3 rings (SSSR count). The van der Waals surface area contributed by atoms with E-state index in [4.69, 9.17) is 9.47 Å². The van der Waals surface area contributed by atoms with Gasteiger partial charge in [0.2, 0.25) is 5.91 Å². The van der Waals surface area contributed by atoms with Crippen molar-refractivity contribution >= 4 is 23.8 Å². The van der Waals surface area contributed by atoms with Crippen molar-refractivity contribution < 1.29 is 28.7 Å². The van der Waals surface area contributed by atoms with Gasteiger partial charge in [-0.2, -0.15) is 0 Å². The number of carbonyl (C=O) groups excluding carboxylic acids is 4. The second kappa shape index (κ2) is 14.5. The van der Waals surface area contributed by atoms with Crippen LogP contribution in [0.1, 0.15) is 47.3 Å². The van der Waals surface area contributed by atoms with Crippen molar-refractivity contribution in [3.8, 4) is 0 Å². The smallest absolute Gasteiger partial charge is 0.408 e. The second-order valence-electron chi connectivity index (χ2n) is 9.57. The number of rotatable bonds is 12. The number of alkyl carbamates (subject to hydrolysis) is 1. The van der Waals surface area contributed by atoms with Crippen LogP contribution in [0.25, 0.3) is 0 Å². The molecule has 0 heterocycles. The van der Waals surface area contributed by atoms with E-state index in [0.717, 1.165) is 11.1 Å². The molecule has 0 aliphatic rings. The van der Waals surface area contributed by atoms with Gasteiger partial charge in [0, 0.05) is 17.5 Å². The summed E-state index contributed by atoms with van der Waals surface area (Å²) in [4.78, 5) is 50.8. The average molecular weight is 531 g/mol. The minimum Gasteiger partial charge on any atom is -0.467 e. The van der Waals surface area contributed by atoms with Gasteiger partial charge in [0.05, 0.1) is 7.11 Å². The predicted octanol–water partition coefficient (Wildman–Crippen LogP) is 4.46. The summed E-state index contributed by atoms with van der Waals surface area (Å²) in [7, 11) is 1.24. The Bertz CT molecular complexity index is 1240. The van der Waals surface area contributed by atoms with E-state index >= 15 is 0 Å². The first-order valence-corrected chi connectivity index (χ1v) is 12.8. The summed E-state index contributed by atoms with van der Waals surface area (Å²) in [6.45, 7) is 3.91. The van der Waals surface area contributed by atoms with Crippen LogP contribution in [0.2, 0.25) is 0 Å². The minimum atomic E-state index is -0.991. The summed E-state index contributed by atoms with van der Waals surface area (Å²) in [6, 6.07) is 23.1. The van der Waals surface area contributed by atoms with Gasteiger partial charge in [-0.3, -0.25) is 9.59 Å². The number of hydrogen-bond donors (Lipinski definition) is 2. The molecule has 0 aliphatic heterocycles. The number of hydrogen-bond acceptors (Lipinski definition) is 6. The maximum absolute atomic E-state index is 13.2. The lowest BCUT2D eigenvalue weighted by Gasteiger charge is -2.23. The van der Waals surface area contributed by atoms with Gasteiger partial charge in [0.1, 0.15) is 18.7 Å². The van der Waals surface area contributed by atoms with Gasteiger partial charge in [-0.05, 0) is 23.5 Å². The van der Waals surface area contributed by atoms with Crippen molar-refractivity contribution in [2.75, 3.05) is 7.11 Å². The lowest BCUT2D eigenvalue weighted by molar-refractivity contribution is -0.145. The molecule has 39 heavy (non-hydrogen) atoms. The zero-order valence-electron chi connectivity index (χ0n) is 22.4. The van der Waals surface area contributed by atoms with E-state index in [-0.39, 0.29) is 24.7 Å². The molecule has 8 heteroatoms. The van der Waals surface area contributed by atoms with E-state index in [1.807, 2.05) is 50.2 Å². The molecule has 0 aliphatic carbocycles. The number of benzene rings is 3. The van der Waals surface area contributed by atoms with Crippen LogP contribution in [0.3, 0.4) is 0 Å². The molecule has 3 aromatic rings. The van der Waals surface area contributed by atoms with Crippen molar-refractivity contribution in [3.05, 3.63) is 107 Å². The SMILES string of the molecule is COC(=O)[C@H](Cc1ccc(C(=O)c2ccccc2)cc1)NC(=O)[C@H](CC(C)C)NC(=O)OCc1ccccc1. The quantitative estimate of drug-likeness (QED) is 0.264. The number of ether oxygens (including phenoxy) is 2. The average Bonchev–Trinajstić information content (AvgIpc) is 2.95. The minimum absolute atomic E-state index is 0.0657. The fraction of sp³-hybridized carbons (Fsp3) is 0.290. The van der Waals surface area contributed by atoms with E-state index in [1.54, 1.807) is 48.5 Å². The zero-order chi connectivity index (χ0) is 28.2. The summed E-state index contributed by atoms with van der Waals surface area (Å²) >= 11 is 0. The van der Waals surface area contributed by atoms with Crippen molar-refractivity contribution in [1.82, 2.24) is 10.6 Å². The summed E-state index contributed by atoms with van der Waals surface area (Å²) < 4.78 is 10.2. The van der Waals surface area contributed by atoms with E-state index in [2.05, 4.69) is 10.6 Å². The van der Waals surface area contributed by atoms with Crippen LogP contribution in [0, 0.1) is 5.92 Å². The number of methoxy groups -OCH3 is 1. The highest BCUT2D eigenvalue weighted by atomic mass is 16.5. The molecule has 2 N–H and O–H groups in total. The Morgan fingerprint density at radius 2 is 1.31 bits per heavy atom. The highest BCUT2D eigenvalue weighted by molar-refractivity contribution is 6.08. The van der Waals surface area contributed by atoms with Crippen molar-refractivity contribution in [2.24, 2.45) is 5.92 Å². The van der Waals surface area contributed by atoms with Crippen LogP contribution in [-0.4, -0.2) is 42.9 Å². The van der Waals surface area contributed by atoms with Gasteiger partial charge in [-0.1, -0.05) is 98.8 Å². The van der Waals surface area contributed by atoms with E-state index in [1.165, 1.54) is 7.11 Å². The standard InChI is InChI=1S/C31H34N2O6/c1-21(2)18-26(33-31(37)39-20-23-10-6-4-7-11-23)29(35)32-27(30(36)38-3)19-22-14-16-25(17-15-22)28(34)24-12-8-5-9-13-24/h4-17,21,26-27H,18-20H2,1-3H3,(H,32,35)(H,33,37)/t26-,27-/m0/s1. The van der Waals surface area contributed by atoms with Gasteiger partial charge >= 0.3 is 12.1 Å². The molecule has 0 aromatic heterocycles. The third-order valence-corrected chi connectivity index (χ3v) is 6.02. The first-order valence-electron chi connectivity index (χ1n) is 12.8. The lowest BCUT2D eigenvalue weighted by atomic mass is 9.99. The third-order valence-electron chi connectivity index (χ3n) is 6.02. The predicted molar refractivity (Wildman–Crippen MR) is 147 cm³/mol. The topological polar surface area (TPSA) is 111 Å². The molecule has 2 atom stereocenters. The van der Waals surface area contributed by atoms with Crippen molar-refractivity contribution in [1.29, 1.82) is 0 Å². The molecule has 8 nitrogen and oxygen atoms in total. The molecule has 0 saturated carbocycles. The van der Waals surface area contributed by atoms with Crippen LogP contribution >= 0.6 is 0 Å². The van der Waals surface area contributed by atoms with Crippen LogP contribution in [0.4, 0.5) is 4.79 Å². The number of ketones is 1. The second-order valence-corrected chi connectivity index (χ2v) is 9.57. The molecule has 0 radical (unpaired) electrons. The van der Waals surface area contributed by atoms with E-state index in [0.29, 0.717) is 17.5 Å². The maximum Gasteiger partial charge on any atom is 0.408 e. The zero-order valence-corrected chi connectivity index (χ0v) is 22.4. The Morgan fingerprint density at radius 1 is 0.718 bits per heavy atom. The normalized spacial score (nSPS) is 12.2. The molecular weight excluding hydrogens is 496 g/mol. The maximum atomic E-state index is 13.2. The van der Waals surface area contributed by atoms with Gasteiger partial charge in [0.25, 0.3) is 0 Å². The molecule has 0 unspecified atom stereocenters. The van der Waals surface area contributed by atoms with Gasteiger partial charge in [0.15, 0.2) is 5.78 Å². The molecule has 2 amide bonds. The number of esters is 1. The highest BCUT2D eigenvalue weighted by Crippen LogP contribution is 2.14. The number of nitrogens with one attached hydrogen (secondary N) is 2. The molecule has 204 valence electrons. The van der Waals surface area contributed by atoms with Crippen LogP contribution < -0.4 is 10.6 Å². The van der Waals surface area contributed by atoms with Crippen LogP contribution in [0.5, 0.6) is 0 Å². The first kappa shape index (κ1) is 29.1. The molecule has 3 aromatic carbocycles. The summed E-state index contributed by atoms with van der Waals surface area (Å²) in [5.41, 5.74) is 2.64. The van der Waals surface area contributed by atoms with E-state index < -0.39 is 30.1 Å². The molecular formula is C31H34N2O6.